The van der Waals surface area contributed by atoms with E-state index in [0.29, 0.717) is 31.2 Å². The van der Waals surface area contributed by atoms with Crippen molar-refractivity contribution in [1.29, 1.82) is 0 Å². The highest BCUT2D eigenvalue weighted by atomic mass is 32.1. The molecule has 1 heterocycles. The van der Waals surface area contributed by atoms with Crippen LogP contribution >= 0.6 is 11.3 Å². The van der Waals surface area contributed by atoms with Crippen LogP contribution in [0.4, 0.5) is 4.79 Å². The van der Waals surface area contributed by atoms with Crippen molar-refractivity contribution in [2.75, 3.05) is 13.7 Å². The lowest BCUT2D eigenvalue weighted by molar-refractivity contribution is 0.0885. The van der Waals surface area contributed by atoms with Gasteiger partial charge in [-0.1, -0.05) is 65.0 Å². The van der Waals surface area contributed by atoms with Crippen molar-refractivity contribution in [3.05, 3.63) is 51.5 Å². The number of nitrogens with zero attached hydrogens (tertiary/aromatic N) is 2. The molecular formula is C27H42N2O5SSi. The Bertz CT molecular complexity index is 1000. The van der Waals surface area contributed by atoms with E-state index in [9.17, 15) is 14.7 Å². The Labute approximate surface area is 221 Å². The number of Topliss-reactive ketones (excluding diaryl/α,β-unsaturated/α-hetero) is 1. The lowest BCUT2D eigenvalue weighted by atomic mass is 9.97. The van der Waals surface area contributed by atoms with Crippen LogP contribution in [-0.2, 0) is 28.8 Å². The van der Waals surface area contributed by atoms with E-state index in [-0.39, 0.29) is 23.2 Å². The molecule has 0 radical (unpaired) electrons. The molecular weight excluding hydrogens is 492 g/mol. The maximum Gasteiger partial charge on any atom is 0.407 e. The van der Waals surface area contributed by atoms with Crippen LogP contribution in [0.5, 0.6) is 0 Å². The number of thiazole rings is 1. The van der Waals surface area contributed by atoms with Crippen molar-refractivity contribution >= 4 is 31.5 Å². The first-order valence-electron chi connectivity index (χ1n) is 12.5. The highest BCUT2D eigenvalue weighted by Crippen LogP contribution is 2.37. The predicted molar refractivity (Wildman–Crippen MR) is 147 cm³/mol. The van der Waals surface area contributed by atoms with Gasteiger partial charge in [-0.25, -0.2) is 9.78 Å². The van der Waals surface area contributed by atoms with E-state index in [2.05, 4.69) is 33.9 Å². The number of carbonyl (C=O) groups is 2. The van der Waals surface area contributed by atoms with Gasteiger partial charge in [0, 0.05) is 30.8 Å². The maximum atomic E-state index is 13.2. The summed E-state index contributed by atoms with van der Waals surface area (Å²) < 4.78 is 12.3. The van der Waals surface area contributed by atoms with E-state index in [1.54, 1.807) is 0 Å². The zero-order valence-electron chi connectivity index (χ0n) is 23.0. The molecule has 0 aliphatic heterocycles. The quantitative estimate of drug-likeness (QED) is 0.176. The summed E-state index contributed by atoms with van der Waals surface area (Å²) in [5.74, 6) is -0.140. The molecule has 1 atom stereocenters. The third kappa shape index (κ3) is 8.50. The lowest BCUT2D eigenvalue weighted by Gasteiger charge is -2.36. The van der Waals surface area contributed by atoms with Crippen LogP contribution in [0.2, 0.25) is 18.1 Å². The minimum Gasteiger partial charge on any atom is -0.465 e. The number of rotatable bonds is 13. The van der Waals surface area contributed by atoms with E-state index in [4.69, 9.17) is 14.1 Å². The minimum absolute atomic E-state index is 0.00209. The summed E-state index contributed by atoms with van der Waals surface area (Å²) in [4.78, 5) is 31.6. The first-order valence-corrected chi connectivity index (χ1v) is 16.2. The van der Waals surface area contributed by atoms with E-state index in [1.807, 2.05) is 44.2 Å². The Morgan fingerprint density at radius 3 is 2.33 bits per heavy atom. The van der Waals surface area contributed by atoms with Gasteiger partial charge in [-0.15, -0.1) is 11.3 Å². The lowest BCUT2D eigenvalue weighted by Crippen LogP contribution is -2.41. The van der Waals surface area contributed by atoms with Gasteiger partial charge in [0.1, 0.15) is 0 Å². The van der Waals surface area contributed by atoms with Crippen LogP contribution in [0.3, 0.4) is 0 Å². The second kappa shape index (κ2) is 12.9. The van der Waals surface area contributed by atoms with Gasteiger partial charge in [-0.2, -0.15) is 0 Å². The number of aromatic nitrogens is 1. The van der Waals surface area contributed by atoms with Gasteiger partial charge in [0.2, 0.25) is 0 Å². The number of carbonyl (C=O) groups excluding carboxylic acids is 1. The predicted octanol–water partition coefficient (Wildman–Crippen LogP) is 6.63. The first-order chi connectivity index (χ1) is 16.7. The number of hydrogen-bond acceptors (Lipinski definition) is 6. The van der Waals surface area contributed by atoms with Crippen LogP contribution < -0.4 is 0 Å². The smallest absolute Gasteiger partial charge is 0.407 e. The van der Waals surface area contributed by atoms with Gasteiger partial charge in [0.05, 0.1) is 25.5 Å². The van der Waals surface area contributed by atoms with E-state index >= 15 is 0 Å². The summed E-state index contributed by atoms with van der Waals surface area (Å²) in [6.45, 7) is 16.2. The monoisotopic (exact) mass is 534 g/mol. The average molecular weight is 535 g/mol. The largest absolute Gasteiger partial charge is 0.465 e. The van der Waals surface area contributed by atoms with Gasteiger partial charge >= 0.3 is 6.09 Å². The standard InChI is InChI=1S/C27H42N2O5SSi/c1-19(2)22(29(6)26(31)32)16-23(30)25-28-21(18-34-36(7,8)27(3,4)5)24(35-25)14-15-33-17-20-12-10-9-11-13-20/h9-13,19,22H,14-18H2,1-8H3,(H,31,32)/t22-/m1/s1. The molecule has 0 aliphatic rings. The Hall–Kier alpha value is -2.07. The van der Waals surface area contributed by atoms with Crippen molar-refractivity contribution in [2.45, 2.75) is 84.8 Å². The number of hydrogen-bond donors (Lipinski definition) is 1. The SMILES string of the molecule is CC(C)[C@@H](CC(=O)c1nc(CO[Si](C)(C)C(C)(C)C)c(CCOCc2ccccc2)s1)N(C)C(=O)O. The average Bonchev–Trinajstić information content (AvgIpc) is 3.21. The van der Waals surface area contributed by atoms with Crippen molar-refractivity contribution < 1.29 is 23.9 Å². The van der Waals surface area contributed by atoms with Crippen LogP contribution in [0.15, 0.2) is 30.3 Å². The Balaban J connectivity index is 2.18. The maximum absolute atomic E-state index is 13.2. The molecule has 200 valence electrons. The molecule has 2 aromatic rings. The molecule has 1 amide bonds. The van der Waals surface area contributed by atoms with Crippen molar-refractivity contribution in [3.63, 3.8) is 0 Å². The number of ketones is 1. The Kier molecular flexibility index (Phi) is 10.8. The molecule has 2 rings (SSSR count). The molecule has 0 aliphatic carbocycles. The molecule has 0 saturated carbocycles. The number of carboxylic acid groups (broad SMARTS) is 1. The van der Waals surface area contributed by atoms with E-state index in [0.717, 1.165) is 16.1 Å². The van der Waals surface area contributed by atoms with Crippen LogP contribution in [0, 0.1) is 5.92 Å². The second-order valence-electron chi connectivity index (χ2n) is 11.1. The topological polar surface area (TPSA) is 89.0 Å². The van der Waals surface area contributed by atoms with Gasteiger partial charge in [-0.05, 0) is 29.6 Å². The summed E-state index contributed by atoms with van der Waals surface area (Å²) in [5, 5.41) is 9.89. The molecule has 1 aromatic carbocycles. The minimum atomic E-state index is -2.00. The van der Waals surface area contributed by atoms with Gasteiger partial charge in [-0.3, -0.25) is 4.79 Å². The molecule has 36 heavy (non-hydrogen) atoms. The van der Waals surface area contributed by atoms with Crippen LogP contribution in [0.25, 0.3) is 0 Å². The van der Waals surface area contributed by atoms with Gasteiger partial charge in [0.25, 0.3) is 0 Å². The summed E-state index contributed by atoms with van der Waals surface area (Å²) >= 11 is 1.37. The highest BCUT2D eigenvalue weighted by Gasteiger charge is 2.37. The summed E-state index contributed by atoms with van der Waals surface area (Å²) in [7, 11) is -0.493. The molecule has 7 nitrogen and oxygen atoms in total. The summed E-state index contributed by atoms with van der Waals surface area (Å²) in [5.41, 5.74) is 1.89. The fraction of sp³-hybridized carbons (Fsp3) is 0.593. The third-order valence-corrected chi connectivity index (χ3v) is 12.6. The van der Waals surface area contributed by atoms with Crippen LogP contribution in [0.1, 0.15) is 67.0 Å². The zero-order chi connectivity index (χ0) is 27.1. The normalized spacial score (nSPS) is 13.1. The molecule has 0 unspecified atom stereocenters. The van der Waals surface area contributed by atoms with Crippen molar-refractivity contribution in [1.82, 2.24) is 9.88 Å². The third-order valence-electron chi connectivity index (χ3n) is 6.94. The Morgan fingerprint density at radius 1 is 1.14 bits per heavy atom. The van der Waals surface area contributed by atoms with E-state index in [1.165, 1.54) is 23.3 Å². The van der Waals surface area contributed by atoms with Gasteiger partial charge < -0.3 is 19.2 Å². The molecule has 0 bridgehead atoms. The van der Waals surface area contributed by atoms with Gasteiger partial charge in [0.15, 0.2) is 19.1 Å². The Morgan fingerprint density at radius 2 is 1.78 bits per heavy atom. The molecule has 0 spiro atoms. The zero-order valence-corrected chi connectivity index (χ0v) is 24.8. The molecule has 1 N–H and O–H groups in total. The first kappa shape index (κ1) is 30.2. The molecule has 9 heteroatoms. The second-order valence-corrected chi connectivity index (χ2v) is 17.0. The molecule has 0 fully saturated rings. The van der Waals surface area contributed by atoms with Crippen molar-refractivity contribution in [2.24, 2.45) is 5.92 Å². The molecule has 0 saturated heterocycles. The molecule has 1 aromatic heterocycles. The summed E-state index contributed by atoms with van der Waals surface area (Å²) in [6, 6.07) is 9.60. The van der Waals surface area contributed by atoms with Crippen molar-refractivity contribution in [3.8, 4) is 0 Å². The number of ether oxygens (including phenoxy) is 1. The number of benzene rings is 1. The fourth-order valence-corrected chi connectivity index (χ4v) is 5.37. The van der Waals surface area contributed by atoms with E-state index < -0.39 is 20.5 Å². The van der Waals surface area contributed by atoms with Crippen LogP contribution in [-0.4, -0.2) is 54.9 Å². The fourth-order valence-electron chi connectivity index (χ4n) is 3.44. The summed E-state index contributed by atoms with van der Waals surface area (Å²) in [6.07, 6.45) is -0.308. The highest BCUT2D eigenvalue weighted by molar-refractivity contribution is 7.13. The number of amides is 1.